The normalized spacial score (nSPS) is 10.9. The number of nitrogens with zero attached hydrogens (tertiary/aromatic N) is 2. The second-order valence-corrected chi connectivity index (χ2v) is 4.81. The van der Waals surface area contributed by atoms with Gasteiger partial charge in [-0.3, -0.25) is 5.10 Å². The van der Waals surface area contributed by atoms with Crippen LogP contribution < -0.4 is 4.74 Å². The Hall–Kier alpha value is -2.28. The molecule has 0 radical (unpaired) electrons. The summed E-state index contributed by atoms with van der Waals surface area (Å²) in [6.45, 7) is -2.88. The summed E-state index contributed by atoms with van der Waals surface area (Å²) in [6, 6.07) is 10.2. The van der Waals surface area contributed by atoms with Gasteiger partial charge in [0.1, 0.15) is 5.75 Å². The number of ether oxygens (including phenoxy) is 1. The molecule has 4 nitrogen and oxygen atoms in total. The number of para-hydroxylation sites is 1. The molecule has 0 aliphatic carbocycles. The van der Waals surface area contributed by atoms with Crippen molar-refractivity contribution >= 4 is 11.3 Å². The van der Waals surface area contributed by atoms with Crippen molar-refractivity contribution < 1.29 is 13.5 Å². The first-order valence-corrected chi connectivity index (χ1v) is 6.62. The molecule has 0 saturated carbocycles. The van der Waals surface area contributed by atoms with Gasteiger partial charge in [-0.2, -0.15) is 13.9 Å². The number of hydrogen-bond donors (Lipinski definition) is 1. The zero-order valence-electron chi connectivity index (χ0n) is 10.1. The average molecular weight is 293 g/mol. The number of rotatable bonds is 4. The molecule has 0 saturated heterocycles. The highest BCUT2D eigenvalue weighted by Crippen LogP contribution is 2.30. The smallest absolute Gasteiger partial charge is 0.387 e. The molecule has 0 amide bonds. The molecule has 3 rings (SSSR count). The minimum Gasteiger partial charge on any atom is -0.434 e. The topological polar surface area (TPSA) is 50.8 Å². The first-order chi connectivity index (χ1) is 9.74. The minimum absolute atomic E-state index is 0.0548. The summed E-state index contributed by atoms with van der Waals surface area (Å²) < 4.78 is 29.2. The highest BCUT2D eigenvalue weighted by molar-refractivity contribution is 7.13. The maximum absolute atomic E-state index is 12.4. The maximum Gasteiger partial charge on any atom is 0.387 e. The summed E-state index contributed by atoms with van der Waals surface area (Å²) in [5, 5.41) is 8.77. The Bertz CT molecular complexity index is 697. The maximum atomic E-state index is 12.4. The molecule has 0 fully saturated rings. The zero-order chi connectivity index (χ0) is 13.9. The van der Waals surface area contributed by atoms with Crippen LogP contribution in [0.5, 0.6) is 5.75 Å². The molecule has 0 unspecified atom stereocenters. The molecule has 0 atom stereocenters. The van der Waals surface area contributed by atoms with Crippen LogP contribution in [0.4, 0.5) is 8.78 Å². The summed E-state index contributed by atoms with van der Waals surface area (Å²) in [5.74, 6) is 0.978. The quantitative estimate of drug-likeness (QED) is 0.796. The van der Waals surface area contributed by atoms with Crippen molar-refractivity contribution in [1.82, 2.24) is 15.2 Å². The van der Waals surface area contributed by atoms with E-state index in [1.165, 1.54) is 17.4 Å². The van der Waals surface area contributed by atoms with Crippen molar-refractivity contribution in [2.75, 3.05) is 0 Å². The molecule has 2 aromatic heterocycles. The van der Waals surface area contributed by atoms with Gasteiger partial charge in [0.15, 0.2) is 11.6 Å². The highest BCUT2D eigenvalue weighted by atomic mass is 32.1. The van der Waals surface area contributed by atoms with Crippen molar-refractivity contribution in [3.63, 3.8) is 0 Å². The number of thiophene rings is 1. The van der Waals surface area contributed by atoms with Crippen molar-refractivity contribution in [3.8, 4) is 27.8 Å². The van der Waals surface area contributed by atoms with E-state index in [1.807, 2.05) is 17.5 Å². The monoisotopic (exact) mass is 293 g/mol. The Balaban J connectivity index is 1.97. The number of aromatic nitrogens is 3. The second kappa shape index (κ2) is 5.38. The molecule has 2 heterocycles. The number of hydrogen-bond acceptors (Lipinski definition) is 4. The van der Waals surface area contributed by atoms with Gasteiger partial charge in [0, 0.05) is 0 Å². The number of nitrogens with one attached hydrogen (secondary N) is 1. The fourth-order valence-electron chi connectivity index (χ4n) is 1.76. The van der Waals surface area contributed by atoms with Crippen LogP contribution in [0.1, 0.15) is 0 Å². The van der Waals surface area contributed by atoms with Crippen LogP contribution in [-0.2, 0) is 0 Å². The number of halogens is 2. The molecule has 3 aromatic rings. The Morgan fingerprint density at radius 3 is 2.75 bits per heavy atom. The van der Waals surface area contributed by atoms with Crippen LogP contribution in [0, 0.1) is 0 Å². The Kier molecular flexibility index (Phi) is 3.42. The third-order valence-corrected chi connectivity index (χ3v) is 3.46. The number of benzene rings is 1. The summed E-state index contributed by atoms with van der Waals surface area (Å²) in [7, 11) is 0. The second-order valence-electron chi connectivity index (χ2n) is 3.86. The Morgan fingerprint density at radius 2 is 2.00 bits per heavy atom. The van der Waals surface area contributed by atoms with Gasteiger partial charge in [-0.1, -0.05) is 18.2 Å². The fraction of sp³-hybridized carbons (Fsp3) is 0.0769. The Labute approximate surface area is 117 Å². The summed E-state index contributed by atoms with van der Waals surface area (Å²) in [5.41, 5.74) is 0.423. The van der Waals surface area contributed by atoms with E-state index in [-0.39, 0.29) is 5.75 Å². The Morgan fingerprint density at radius 1 is 1.15 bits per heavy atom. The molecule has 0 aliphatic rings. The van der Waals surface area contributed by atoms with Crippen LogP contribution >= 0.6 is 11.3 Å². The molecular weight excluding hydrogens is 284 g/mol. The van der Waals surface area contributed by atoms with E-state index in [0.717, 1.165) is 4.88 Å². The van der Waals surface area contributed by atoms with Crippen LogP contribution in [-0.4, -0.2) is 21.8 Å². The molecule has 1 N–H and O–H groups in total. The van der Waals surface area contributed by atoms with E-state index in [0.29, 0.717) is 17.2 Å². The molecule has 102 valence electrons. The van der Waals surface area contributed by atoms with Gasteiger partial charge in [0.2, 0.25) is 0 Å². The number of aromatic amines is 1. The number of alkyl halides is 2. The van der Waals surface area contributed by atoms with E-state index >= 15 is 0 Å². The van der Waals surface area contributed by atoms with Crippen molar-refractivity contribution in [3.05, 3.63) is 41.8 Å². The largest absolute Gasteiger partial charge is 0.434 e. The lowest BCUT2D eigenvalue weighted by atomic mass is 10.2. The van der Waals surface area contributed by atoms with E-state index < -0.39 is 6.61 Å². The highest BCUT2D eigenvalue weighted by Gasteiger charge is 2.15. The minimum atomic E-state index is -2.88. The fourth-order valence-corrected chi connectivity index (χ4v) is 2.42. The van der Waals surface area contributed by atoms with Gasteiger partial charge >= 0.3 is 6.61 Å². The lowest BCUT2D eigenvalue weighted by Gasteiger charge is -2.07. The SMILES string of the molecule is FC(F)Oc1ccccc1-c1n[nH]c(-c2cccs2)n1. The van der Waals surface area contributed by atoms with Gasteiger partial charge in [-0.15, -0.1) is 11.3 Å². The molecule has 7 heteroatoms. The third-order valence-electron chi connectivity index (χ3n) is 2.58. The van der Waals surface area contributed by atoms with E-state index in [2.05, 4.69) is 19.9 Å². The first kappa shape index (κ1) is 12.7. The van der Waals surface area contributed by atoms with Gasteiger partial charge in [0.25, 0.3) is 0 Å². The van der Waals surface area contributed by atoms with Crippen molar-refractivity contribution in [2.24, 2.45) is 0 Å². The average Bonchev–Trinajstić information content (AvgIpc) is 3.10. The van der Waals surface area contributed by atoms with Crippen LogP contribution in [0.25, 0.3) is 22.1 Å². The van der Waals surface area contributed by atoms with Gasteiger partial charge in [-0.05, 0) is 23.6 Å². The molecule has 0 bridgehead atoms. The van der Waals surface area contributed by atoms with Gasteiger partial charge in [-0.25, -0.2) is 4.98 Å². The van der Waals surface area contributed by atoms with Gasteiger partial charge in [0.05, 0.1) is 10.4 Å². The molecular formula is C13H9F2N3OS. The van der Waals surface area contributed by atoms with E-state index in [4.69, 9.17) is 0 Å². The molecule has 0 aliphatic heterocycles. The molecule has 1 aromatic carbocycles. The molecule has 20 heavy (non-hydrogen) atoms. The lowest BCUT2D eigenvalue weighted by molar-refractivity contribution is -0.0494. The van der Waals surface area contributed by atoms with Crippen LogP contribution in [0.2, 0.25) is 0 Å². The van der Waals surface area contributed by atoms with Crippen molar-refractivity contribution in [2.45, 2.75) is 6.61 Å². The van der Waals surface area contributed by atoms with E-state index in [1.54, 1.807) is 18.2 Å². The van der Waals surface area contributed by atoms with Crippen molar-refractivity contribution in [1.29, 1.82) is 0 Å². The standard InChI is InChI=1S/C13H9F2N3OS/c14-13(15)19-9-5-2-1-4-8(9)11-16-12(18-17-11)10-6-3-7-20-10/h1-7,13H,(H,16,17,18). The van der Waals surface area contributed by atoms with E-state index in [9.17, 15) is 8.78 Å². The number of H-pyrrole nitrogens is 1. The van der Waals surface area contributed by atoms with Gasteiger partial charge < -0.3 is 4.74 Å². The third kappa shape index (κ3) is 2.53. The lowest BCUT2D eigenvalue weighted by Crippen LogP contribution is -2.03. The summed E-state index contributed by atoms with van der Waals surface area (Å²) in [6.07, 6.45) is 0. The summed E-state index contributed by atoms with van der Waals surface area (Å²) >= 11 is 1.51. The predicted molar refractivity (Wildman–Crippen MR) is 71.8 cm³/mol. The first-order valence-electron chi connectivity index (χ1n) is 5.74. The van der Waals surface area contributed by atoms with Crippen LogP contribution in [0.3, 0.4) is 0 Å². The van der Waals surface area contributed by atoms with Crippen LogP contribution in [0.15, 0.2) is 41.8 Å². The summed E-state index contributed by atoms with van der Waals surface area (Å²) in [4.78, 5) is 5.24. The zero-order valence-corrected chi connectivity index (χ0v) is 10.9. The predicted octanol–water partition coefficient (Wildman–Crippen LogP) is 3.80. The molecule has 0 spiro atoms.